The van der Waals surface area contributed by atoms with Gasteiger partial charge in [-0.15, -0.1) is 11.3 Å². The van der Waals surface area contributed by atoms with Crippen molar-refractivity contribution in [2.45, 2.75) is 0 Å². The summed E-state index contributed by atoms with van der Waals surface area (Å²) in [6, 6.07) is 11.4. The van der Waals surface area contributed by atoms with Crippen molar-refractivity contribution in [3.05, 3.63) is 89.4 Å². The monoisotopic (exact) mass is 504 g/mol. The molecule has 0 bridgehead atoms. The number of hydrazone groups is 1. The predicted molar refractivity (Wildman–Crippen MR) is 124 cm³/mol. The molecule has 1 amide bonds. The van der Waals surface area contributed by atoms with Crippen LogP contribution in [0.3, 0.4) is 0 Å². The molecule has 0 aliphatic rings. The molecule has 0 saturated heterocycles. The molecule has 0 aliphatic carbocycles. The SMILES string of the molecule is O=C(N/N=C\c1ccc(-c2cc([N+](=O)[O-])c(Cl)cc2Cl)o1)c1cc2cc([N+](=O)[O-])ccc2s1. The Morgan fingerprint density at radius 2 is 1.82 bits per heavy atom. The number of carbonyl (C=O) groups is 1. The first-order valence-corrected chi connectivity index (χ1v) is 10.5. The first-order chi connectivity index (χ1) is 15.7. The Bertz CT molecular complexity index is 1460. The number of amides is 1. The Labute approximate surface area is 198 Å². The van der Waals surface area contributed by atoms with Gasteiger partial charge in [0.05, 0.1) is 26.0 Å². The van der Waals surface area contributed by atoms with Gasteiger partial charge in [-0.25, -0.2) is 5.43 Å². The van der Waals surface area contributed by atoms with E-state index in [2.05, 4.69) is 10.5 Å². The van der Waals surface area contributed by atoms with Crippen LogP contribution in [0.5, 0.6) is 0 Å². The molecule has 4 aromatic rings. The van der Waals surface area contributed by atoms with Crippen molar-refractivity contribution < 1.29 is 19.1 Å². The number of thiophene rings is 1. The fourth-order valence-corrected chi connectivity index (χ4v) is 4.38. The molecule has 4 rings (SSSR count). The van der Waals surface area contributed by atoms with E-state index in [1.807, 2.05) is 0 Å². The minimum absolute atomic E-state index is 0.0648. The van der Waals surface area contributed by atoms with Crippen molar-refractivity contribution in [1.29, 1.82) is 0 Å². The highest BCUT2D eigenvalue weighted by Gasteiger charge is 2.19. The van der Waals surface area contributed by atoms with E-state index >= 15 is 0 Å². The van der Waals surface area contributed by atoms with Crippen molar-refractivity contribution in [2.75, 3.05) is 0 Å². The number of halogens is 2. The maximum absolute atomic E-state index is 12.4. The lowest BCUT2D eigenvalue weighted by molar-refractivity contribution is -0.384. The molecular formula is C20H10Cl2N4O6S. The van der Waals surface area contributed by atoms with E-state index in [4.69, 9.17) is 27.6 Å². The van der Waals surface area contributed by atoms with E-state index in [-0.39, 0.29) is 38.5 Å². The summed E-state index contributed by atoms with van der Waals surface area (Å²) < 4.78 is 6.31. The number of hydrogen-bond donors (Lipinski definition) is 1. The van der Waals surface area contributed by atoms with Gasteiger partial charge in [-0.3, -0.25) is 25.0 Å². The highest BCUT2D eigenvalue weighted by atomic mass is 35.5. The average Bonchev–Trinajstić information content (AvgIpc) is 3.40. The molecule has 0 atom stereocenters. The summed E-state index contributed by atoms with van der Waals surface area (Å²) in [4.78, 5) is 33.5. The molecule has 0 saturated carbocycles. The summed E-state index contributed by atoms with van der Waals surface area (Å²) in [5.41, 5.74) is 2.24. The van der Waals surface area contributed by atoms with Gasteiger partial charge in [0.1, 0.15) is 16.5 Å². The van der Waals surface area contributed by atoms with E-state index in [9.17, 15) is 25.0 Å². The summed E-state index contributed by atoms with van der Waals surface area (Å²) in [6.45, 7) is 0. The van der Waals surface area contributed by atoms with Gasteiger partial charge < -0.3 is 4.42 Å². The van der Waals surface area contributed by atoms with E-state index in [0.29, 0.717) is 10.3 Å². The quantitative estimate of drug-likeness (QED) is 0.192. The predicted octanol–water partition coefficient (Wildman–Crippen LogP) is 6.05. The fourth-order valence-electron chi connectivity index (χ4n) is 2.90. The molecule has 0 fully saturated rings. The zero-order valence-corrected chi connectivity index (χ0v) is 18.5. The zero-order chi connectivity index (χ0) is 23.7. The number of non-ortho nitro benzene ring substituents is 1. The Hall–Kier alpha value is -3.80. The van der Waals surface area contributed by atoms with Gasteiger partial charge in [-0.2, -0.15) is 5.10 Å². The van der Waals surface area contributed by atoms with E-state index in [0.717, 1.165) is 4.70 Å². The molecular weight excluding hydrogens is 495 g/mol. The molecule has 166 valence electrons. The number of nitrogens with one attached hydrogen (secondary N) is 1. The van der Waals surface area contributed by atoms with Crippen LogP contribution in [-0.2, 0) is 0 Å². The summed E-state index contributed by atoms with van der Waals surface area (Å²) in [5.74, 6) is 0.00262. The first-order valence-electron chi connectivity index (χ1n) is 8.98. The van der Waals surface area contributed by atoms with Crippen LogP contribution in [0.25, 0.3) is 21.4 Å². The van der Waals surface area contributed by atoms with E-state index < -0.39 is 15.8 Å². The third-order valence-corrected chi connectivity index (χ3v) is 6.15. The number of furan rings is 1. The lowest BCUT2D eigenvalue weighted by Crippen LogP contribution is -2.15. The maximum Gasteiger partial charge on any atom is 0.288 e. The van der Waals surface area contributed by atoms with Gasteiger partial charge in [0, 0.05) is 33.8 Å². The molecule has 0 aliphatic heterocycles. The van der Waals surface area contributed by atoms with Crippen molar-refractivity contribution >= 4 is 68.1 Å². The molecule has 0 radical (unpaired) electrons. The summed E-state index contributed by atoms with van der Waals surface area (Å²) >= 11 is 13.1. The number of carbonyl (C=O) groups excluding carboxylic acids is 1. The van der Waals surface area contributed by atoms with Crippen molar-refractivity contribution in [2.24, 2.45) is 5.10 Å². The number of hydrogen-bond acceptors (Lipinski definition) is 8. The smallest absolute Gasteiger partial charge is 0.288 e. The van der Waals surface area contributed by atoms with E-state index in [1.165, 1.54) is 47.9 Å². The largest absolute Gasteiger partial charge is 0.455 e. The number of nitro groups is 2. The molecule has 2 heterocycles. The van der Waals surface area contributed by atoms with Crippen molar-refractivity contribution in [3.63, 3.8) is 0 Å². The molecule has 13 heteroatoms. The molecule has 0 unspecified atom stereocenters. The van der Waals surface area contributed by atoms with Crippen LogP contribution >= 0.6 is 34.5 Å². The number of nitrogens with zero attached hydrogens (tertiary/aromatic N) is 3. The Morgan fingerprint density at radius 1 is 1.03 bits per heavy atom. The van der Waals surface area contributed by atoms with Gasteiger partial charge in [0.2, 0.25) is 0 Å². The van der Waals surface area contributed by atoms with Crippen LogP contribution in [0, 0.1) is 20.2 Å². The van der Waals surface area contributed by atoms with Gasteiger partial charge in [-0.05, 0) is 30.3 Å². The third-order valence-electron chi connectivity index (χ3n) is 4.42. The summed E-state index contributed by atoms with van der Waals surface area (Å²) in [5, 5.41) is 26.5. The Balaban J connectivity index is 1.48. The number of nitro benzene ring substituents is 2. The van der Waals surface area contributed by atoms with Gasteiger partial charge in [0.15, 0.2) is 0 Å². The molecule has 1 N–H and O–H groups in total. The number of fused-ring (bicyclic) bond motifs is 1. The van der Waals surface area contributed by atoms with Crippen LogP contribution in [0.4, 0.5) is 11.4 Å². The molecule has 10 nitrogen and oxygen atoms in total. The van der Waals surface area contributed by atoms with Gasteiger partial charge in [-0.1, -0.05) is 23.2 Å². The maximum atomic E-state index is 12.4. The summed E-state index contributed by atoms with van der Waals surface area (Å²) in [7, 11) is 0. The molecule has 33 heavy (non-hydrogen) atoms. The second-order valence-corrected chi connectivity index (χ2v) is 8.43. The van der Waals surface area contributed by atoms with Crippen molar-refractivity contribution in [1.82, 2.24) is 5.43 Å². The highest BCUT2D eigenvalue weighted by Crippen LogP contribution is 2.37. The van der Waals surface area contributed by atoms with E-state index in [1.54, 1.807) is 18.2 Å². The first kappa shape index (κ1) is 22.4. The lowest BCUT2D eigenvalue weighted by atomic mass is 10.1. The average molecular weight is 505 g/mol. The highest BCUT2D eigenvalue weighted by molar-refractivity contribution is 7.20. The lowest BCUT2D eigenvalue weighted by Gasteiger charge is -2.02. The standard InChI is InChI=1S/C20H10Cl2N4O6S/c21-14-8-15(22)16(26(30)31)7-13(14)17-3-2-12(32-17)9-23-24-20(27)19-6-10-5-11(25(28)29)1-4-18(10)33-19/h1-9H,(H,24,27)/b23-9-. The minimum Gasteiger partial charge on any atom is -0.455 e. The Morgan fingerprint density at radius 3 is 2.55 bits per heavy atom. The Kier molecular flexibility index (Phi) is 6.09. The number of rotatable bonds is 6. The van der Waals surface area contributed by atoms with Gasteiger partial charge in [0.25, 0.3) is 17.3 Å². The topological polar surface area (TPSA) is 141 Å². The van der Waals surface area contributed by atoms with Crippen LogP contribution in [0.15, 0.2) is 58.0 Å². The second kappa shape index (κ2) is 8.98. The van der Waals surface area contributed by atoms with Crippen molar-refractivity contribution in [3.8, 4) is 11.3 Å². The van der Waals surface area contributed by atoms with Crippen LogP contribution in [0.2, 0.25) is 10.0 Å². The number of benzene rings is 2. The molecule has 0 spiro atoms. The second-order valence-electron chi connectivity index (χ2n) is 6.53. The van der Waals surface area contributed by atoms with Crippen LogP contribution < -0.4 is 5.43 Å². The minimum atomic E-state index is -0.630. The van der Waals surface area contributed by atoms with Crippen LogP contribution in [-0.4, -0.2) is 22.0 Å². The molecule has 2 aromatic carbocycles. The molecule has 2 aromatic heterocycles. The van der Waals surface area contributed by atoms with Gasteiger partial charge >= 0.3 is 0 Å². The summed E-state index contributed by atoms with van der Waals surface area (Å²) in [6.07, 6.45) is 1.25. The fraction of sp³-hybridized carbons (Fsp3) is 0. The normalized spacial score (nSPS) is 11.2. The third kappa shape index (κ3) is 4.70. The van der Waals surface area contributed by atoms with Crippen LogP contribution in [0.1, 0.15) is 15.4 Å². The zero-order valence-electron chi connectivity index (χ0n) is 16.2.